The molecule has 1 heterocycles. The van der Waals surface area contributed by atoms with Crippen molar-refractivity contribution in [1.29, 1.82) is 0 Å². The molecule has 0 aromatic heterocycles. The first-order chi connectivity index (χ1) is 8.86. The van der Waals surface area contributed by atoms with E-state index in [2.05, 4.69) is 15.9 Å². The highest BCUT2D eigenvalue weighted by molar-refractivity contribution is 9.10. The fourth-order valence-electron chi connectivity index (χ4n) is 2.23. The average molecular weight is 328 g/mol. The number of hydrogen-bond acceptors (Lipinski definition) is 4. The van der Waals surface area contributed by atoms with Crippen molar-refractivity contribution in [2.75, 3.05) is 26.2 Å². The molecule has 0 N–H and O–H groups in total. The Morgan fingerprint density at radius 2 is 2.00 bits per heavy atom. The van der Waals surface area contributed by atoms with Gasteiger partial charge in [0.1, 0.15) is 0 Å². The summed E-state index contributed by atoms with van der Waals surface area (Å²) in [6.45, 7) is 1.69. The largest absolute Gasteiger partial charge is 0.465 e. The van der Waals surface area contributed by atoms with Crippen LogP contribution in [0.4, 0.5) is 5.69 Å². The quantitative estimate of drug-likeness (QED) is 0.780. The van der Waals surface area contributed by atoms with Gasteiger partial charge in [-0.25, -0.2) is 4.79 Å². The molecule has 5 nitrogen and oxygen atoms in total. The van der Waals surface area contributed by atoms with E-state index in [0.29, 0.717) is 21.3 Å². The predicted molar refractivity (Wildman–Crippen MR) is 73.3 cm³/mol. The van der Waals surface area contributed by atoms with Gasteiger partial charge in [-0.2, -0.15) is 0 Å². The Morgan fingerprint density at radius 1 is 1.37 bits per heavy atom. The molecule has 0 bridgehead atoms. The summed E-state index contributed by atoms with van der Waals surface area (Å²) in [4.78, 5) is 25.5. The summed E-state index contributed by atoms with van der Waals surface area (Å²) in [6, 6.07) is 3.36. The maximum atomic E-state index is 12.2. The summed E-state index contributed by atoms with van der Waals surface area (Å²) >= 11 is 3.32. The van der Waals surface area contributed by atoms with E-state index in [1.807, 2.05) is 0 Å². The lowest BCUT2D eigenvalue weighted by molar-refractivity contribution is -0.137. The molecule has 1 aliphatic heterocycles. The summed E-state index contributed by atoms with van der Waals surface area (Å²) in [5, 5.41) is 0. The zero-order valence-electron chi connectivity index (χ0n) is 11.1. The first-order valence-corrected chi connectivity index (χ1v) is 6.41. The van der Waals surface area contributed by atoms with E-state index in [9.17, 15) is 9.59 Å². The van der Waals surface area contributed by atoms with Crippen LogP contribution in [0.1, 0.15) is 22.8 Å². The van der Waals surface area contributed by atoms with Crippen molar-refractivity contribution in [2.45, 2.75) is 12.5 Å². The van der Waals surface area contributed by atoms with Gasteiger partial charge in [-0.1, -0.05) is 0 Å². The van der Waals surface area contributed by atoms with Gasteiger partial charge in [0.25, 0.3) is 5.91 Å². The lowest BCUT2D eigenvalue weighted by Crippen LogP contribution is -2.37. The van der Waals surface area contributed by atoms with Crippen molar-refractivity contribution in [2.24, 2.45) is 0 Å². The Balaban J connectivity index is 2.68. The highest BCUT2D eigenvalue weighted by Crippen LogP contribution is 2.43. The van der Waals surface area contributed by atoms with E-state index >= 15 is 0 Å². The number of amides is 1. The Labute approximate surface area is 119 Å². The maximum absolute atomic E-state index is 12.2. The van der Waals surface area contributed by atoms with Crippen LogP contribution in [0.3, 0.4) is 0 Å². The van der Waals surface area contributed by atoms with E-state index in [-0.39, 0.29) is 5.91 Å². The fourth-order valence-corrected chi connectivity index (χ4v) is 2.72. The zero-order valence-corrected chi connectivity index (χ0v) is 12.7. The number of rotatable bonds is 2. The predicted octanol–water partition coefficient (Wildman–Crippen LogP) is 2.07. The molecule has 2 rings (SSSR count). The van der Waals surface area contributed by atoms with Crippen LogP contribution in [0.5, 0.6) is 0 Å². The second-order valence-corrected chi connectivity index (χ2v) is 5.30. The third kappa shape index (κ3) is 1.86. The molecule has 19 heavy (non-hydrogen) atoms. The molecule has 0 fully saturated rings. The van der Waals surface area contributed by atoms with Crippen molar-refractivity contribution >= 4 is 33.5 Å². The molecule has 0 aliphatic carbocycles. The molecule has 1 unspecified atom stereocenters. The molecule has 0 radical (unpaired) electrons. The first-order valence-electron chi connectivity index (χ1n) is 5.62. The van der Waals surface area contributed by atoms with Gasteiger partial charge in [-0.3, -0.25) is 4.79 Å². The summed E-state index contributed by atoms with van der Waals surface area (Å²) in [7, 11) is 4.46. The Hall–Kier alpha value is -1.40. The highest BCUT2D eigenvalue weighted by Gasteiger charge is 2.47. The van der Waals surface area contributed by atoms with Crippen LogP contribution in [-0.4, -0.2) is 33.1 Å². The molecule has 0 spiro atoms. The van der Waals surface area contributed by atoms with Crippen LogP contribution < -0.4 is 4.90 Å². The van der Waals surface area contributed by atoms with Crippen molar-refractivity contribution in [3.05, 3.63) is 27.7 Å². The van der Waals surface area contributed by atoms with E-state index in [0.717, 1.165) is 0 Å². The normalized spacial score (nSPS) is 21.5. The van der Waals surface area contributed by atoms with Gasteiger partial charge in [0.2, 0.25) is 0 Å². The molecule has 102 valence electrons. The molecule has 1 aromatic rings. The van der Waals surface area contributed by atoms with Crippen LogP contribution in [0, 0.1) is 0 Å². The number of anilines is 1. The van der Waals surface area contributed by atoms with Crippen LogP contribution in [0.25, 0.3) is 0 Å². The minimum absolute atomic E-state index is 0.168. The number of hydrogen-bond donors (Lipinski definition) is 0. The van der Waals surface area contributed by atoms with E-state index in [1.54, 1.807) is 26.1 Å². The summed E-state index contributed by atoms with van der Waals surface area (Å²) in [5.41, 5.74) is 0.667. The summed E-state index contributed by atoms with van der Waals surface area (Å²) in [5.74, 6) is -0.631. The Morgan fingerprint density at radius 3 is 2.53 bits per heavy atom. The molecule has 1 atom stereocenters. The molecular weight excluding hydrogens is 314 g/mol. The number of likely N-dealkylation sites (N-methyl/N-ethyl adjacent to an activating group) is 1. The minimum atomic E-state index is -1.08. The Bertz CT molecular complexity index is 572. The summed E-state index contributed by atoms with van der Waals surface area (Å²) < 4.78 is 10.7. The van der Waals surface area contributed by atoms with Crippen LogP contribution in [0.15, 0.2) is 16.6 Å². The molecule has 0 saturated heterocycles. The molecule has 0 saturated carbocycles. The van der Waals surface area contributed by atoms with Crippen molar-refractivity contribution in [3.8, 4) is 0 Å². The fraction of sp³-hybridized carbons (Fsp3) is 0.385. The van der Waals surface area contributed by atoms with Gasteiger partial charge in [-0.05, 0) is 35.0 Å². The van der Waals surface area contributed by atoms with Gasteiger partial charge in [0.15, 0.2) is 5.60 Å². The number of methoxy groups -OCH3 is 2. The van der Waals surface area contributed by atoms with E-state index in [4.69, 9.17) is 9.47 Å². The third-order valence-electron chi connectivity index (χ3n) is 3.49. The molecule has 6 heteroatoms. The van der Waals surface area contributed by atoms with Gasteiger partial charge in [0.05, 0.1) is 18.4 Å². The third-order valence-corrected chi connectivity index (χ3v) is 4.14. The maximum Gasteiger partial charge on any atom is 0.339 e. The standard InChI is InChI=1S/C13H14BrNO4/c1-13(19-4)8-5-7(11(16)18-3)9(14)6-10(8)15(2)12(13)17/h5-6H,1-4H3. The van der Waals surface area contributed by atoms with Crippen molar-refractivity contribution in [1.82, 2.24) is 0 Å². The number of nitrogens with zero attached hydrogens (tertiary/aromatic N) is 1. The molecular formula is C13H14BrNO4. The van der Waals surface area contributed by atoms with Crippen LogP contribution in [-0.2, 0) is 19.9 Å². The van der Waals surface area contributed by atoms with E-state index < -0.39 is 11.6 Å². The van der Waals surface area contributed by atoms with Gasteiger partial charge >= 0.3 is 5.97 Å². The van der Waals surface area contributed by atoms with Gasteiger partial charge in [0, 0.05) is 24.2 Å². The second-order valence-electron chi connectivity index (χ2n) is 4.44. The SMILES string of the molecule is COC(=O)c1cc2c(cc1Br)N(C)C(=O)C2(C)OC. The number of esters is 1. The number of carbonyl (C=O) groups excluding carboxylic acids is 2. The Kier molecular flexibility index (Phi) is 3.40. The van der Waals surface area contributed by atoms with E-state index in [1.165, 1.54) is 19.1 Å². The summed E-state index contributed by atoms with van der Waals surface area (Å²) in [6.07, 6.45) is 0. The lowest BCUT2D eigenvalue weighted by atomic mass is 9.95. The molecule has 1 amide bonds. The monoisotopic (exact) mass is 327 g/mol. The molecule has 1 aliphatic rings. The smallest absolute Gasteiger partial charge is 0.339 e. The number of halogens is 1. The van der Waals surface area contributed by atoms with Crippen LogP contribution in [0.2, 0.25) is 0 Å². The number of benzene rings is 1. The number of fused-ring (bicyclic) bond motifs is 1. The lowest BCUT2D eigenvalue weighted by Gasteiger charge is -2.21. The number of ether oxygens (including phenoxy) is 2. The highest BCUT2D eigenvalue weighted by atomic mass is 79.9. The second kappa shape index (κ2) is 4.61. The van der Waals surface area contributed by atoms with Gasteiger partial charge < -0.3 is 14.4 Å². The van der Waals surface area contributed by atoms with Crippen molar-refractivity contribution < 1.29 is 19.1 Å². The van der Waals surface area contributed by atoms with Gasteiger partial charge in [-0.15, -0.1) is 0 Å². The minimum Gasteiger partial charge on any atom is -0.465 e. The van der Waals surface area contributed by atoms with Crippen LogP contribution >= 0.6 is 15.9 Å². The first kappa shape index (κ1) is 14.0. The zero-order chi connectivity index (χ0) is 14.4. The average Bonchev–Trinajstić information content (AvgIpc) is 2.60. The topological polar surface area (TPSA) is 55.8 Å². The van der Waals surface area contributed by atoms with Crippen molar-refractivity contribution in [3.63, 3.8) is 0 Å². The molecule has 1 aromatic carbocycles. The number of carbonyl (C=O) groups is 2.